The molecule has 20 heavy (non-hydrogen) atoms. The molecule has 6 heteroatoms. The number of carbonyl (C=O) groups excluding carboxylic acids is 1. The average Bonchev–Trinajstić information content (AvgIpc) is 2.79. The highest BCUT2D eigenvalue weighted by atomic mass is 31.2. The molecule has 1 heterocycles. The molecule has 2 rings (SSSR count). The quantitative estimate of drug-likeness (QED) is 0.617. The van der Waals surface area contributed by atoms with Crippen LogP contribution in [-0.4, -0.2) is 25.5 Å². The fraction of sp³-hybridized carbons (Fsp3) is 0.357. The number of hydrogen-bond acceptors (Lipinski definition) is 5. The number of ether oxygens (including phenoxy) is 3. The lowest BCUT2D eigenvalue weighted by molar-refractivity contribution is -0.138. The van der Waals surface area contributed by atoms with Crippen molar-refractivity contribution in [2.75, 3.05) is 19.6 Å². The van der Waals surface area contributed by atoms with Gasteiger partial charge in [-0.2, -0.15) is 0 Å². The second-order valence-electron chi connectivity index (χ2n) is 4.14. The summed E-state index contributed by atoms with van der Waals surface area (Å²) in [6.07, 6.45) is -0.0690. The van der Waals surface area contributed by atoms with Crippen LogP contribution < -0.4 is 5.30 Å². The maximum atomic E-state index is 13.2. The van der Waals surface area contributed by atoms with E-state index in [2.05, 4.69) is 0 Å². The van der Waals surface area contributed by atoms with Gasteiger partial charge in [0.2, 0.25) is 0 Å². The molecule has 0 aliphatic carbocycles. The highest BCUT2D eigenvalue weighted by Gasteiger charge is 2.46. The van der Waals surface area contributed by atoms with Crippen LogP contribution in [0.1, 0.15) is 13.8 Å². The number of esters is 1. The number of hydrogen-bond donors (Lipinski definition) is 0. The second kappa shape index (κ2) is 6.14. The highest BCUT2D eigenvalue weighted by Crippen LogP contribution is 2.59. The summed E-state index contributed by atoms with van der Waals surface area (Å²) in [5.41, 5.74) is 0. The van der Waals surface area contributed by atoms with Gasteiger partial charge in [-0.25, -0.2) is 4.79 Å². The normalized spacial score (nSPS) is 21.5. The van der Waals surface area contributed by atoms with E-state index < -0.39 is 13.1 Å². The Kier molecular flexibility index (Phi) is 4.50. The lowest BCUT2D eigenvalue weighted by Crippen LogP contribution is -2.14. The Morgan fingerprint density at radius 3 is 2.55 bits per heavy atom. The van der Waals surface area contributed by atoms with Crippen LogP contribution in [-0.2, 0) is 23.6 Å². The second-order valence-corrected chi connectivity index (χ2v) is 6.84. The Morgan fingerprint density at radius 1 is 1.25 bits per heavy atom. The van der Waals surface area contributed by atoms with E-state index >= 15 is 0 Å². The molecule has 0 N–H and O–H groups in total. The van der Waals surface area contributed by atoms with E-state index in [0.29, 0.717) is 11.9 Å². The monoisotopic (exact) mass is 296 g/mol. The minimum atomic E-state index is -3.15. The summed E-state index contributed by atoms with van der Waals surface area (Å²) in [4.78, 5) is 12.1. The third kappa shape index (κ3) is 2.59. The van der Waals surface area contributed by atoms with Gasteiger partial charge in [-0.3, -0.25) is 0 Å². The van der Waals surface area contributed by atoms with E-state index in [9.17, 15) is 9.36 Å². The number of carbonyl (C=O) groups is 1. The highest BCUT2D eigenvalue weighted by molar-refractivity contribution is 7.76. The summed E-state index contributed by atoms with van der Waals surface area (Å²) >= 11 is 0. The van der Waals surface area contributed by atoms with E-state index in [1.54, 1.807) is 38.1 Å². The van der Waals surface area contributed by atoms with E-state index in [-0.39, 0.29) is 24.2 Å². The zero-order valence-electron chi connectivity index (χ0n) is 11.5. The summed E-state index contributed by atoms with van der Waals surface area (Å²) in [6.45, 7) is 4.00. The molecule has 0 saturated carbocycles. The first-order chi connectivity index (χ1) is 9.63. The SMILES string of the molecule is CCOC(=O)C1=C(OCC)OCP1(=O)c1ccccc1. The Morgan fingerprint density at radius 2 is 1.95 bits per heavy atom. The Labute approximate surface area is 117 Å². The molecule has 1 aliphatic rings. The van der Waals surface area contributed by atoms with Crippen molar-refractivity contribution in [3.63, 3.8) is 0 Å². The van der Waals surface area contributed by atoms with Crippen LogP contribution in [0.2, 0.25) is 0 Å². The van der Waals surface area contributed by atoms with Gasteiger partial charge < -0.3 is 18.8 Å². The van der Waals surface area contributed by atoms with Gasteiger partial charge >= 0.3 is 5.97 Å². The summed E-state index contributed by atoms with van der Waals surface area (Å²) in [5, 5.41) is 0.588. The first-order valence-electron chi connectivity index (χ1n) is 6.45. The van der Waals surface area contributed by atoms with Gasteiger partial charge in [-0.05, 0) is 13.8 Å². The van der Waals surface area contributed by atoms with Crippen LogP contribution in [0.15, 0.2) is 41.6 Å². The van der Waals surface area contributed by atoms with Gasteiger partial charge in [0.25, 0.3) is 5.95 Å². The lowest BCUT2D eigenvalue weighted by Gasteiger charge is -2.12. The smallest absolute Gasteiger partial charge is 0.349 e. The maximum Gasteiger partial charge on any atom is 0.349 e. The van der Waals surface area contributed by atoms with E-state index in [4.69, 9.17) is 14.2 Å². The fourth-order valence-electron chi connectivity index (χ4n) is 1.97. The van der Waals surface area contributed by atoms with Crippen molar-refractivity contribution in [1.29, 1.82) is 0 Å². The minimum absolute atomic E-state index is 0.0207. The molecular formula is C14H17O5P. The van der Waals surface area contributed by atoms with Gasteiger partial charge in [0.05, 0.1) is 13.2 Å². The molecule has 1 aromatic rings. The van der Waals surface area contributed by atoms with Gasteiger partial charge in [0.1, 0.15) is 0 Å². The van der Waals surface area contributed by atoms with Crippen molar-refractivity contribution in [2.24, 2.45) is 0 Å². The van der Waals surface area contributed by atoms with Crippen molar-refractivity contribution in [1.82, 2.24) is 0 Å². The molecule has 1 aromatic carbocycles. The fourth-order valence-corrected chi connectivity index (χ4v) is 4.25. The van der Waals surface area contributed by atoms with Crippen molar-refractivity contribution < 1.29 is 23.6 Å². The van der Waals surface area contributed by atoms with Crippen molar-refractivity contribution in [2.45, 2.75) is 13.8 Å². The zero-order valence-corrected chi connectivity index (χ0v) is 12.4. The van der Waals surface area contributed by atoms with E-state index in [1.165, 1.54) is 0 Å². The molecule has 1 atom stereocenters. The van der Waals surface area contributed by atoms with Gasteiger partial charge in [0.15, 0.2) is 18.8 Å². The van der Waals surface area contributed by atoms with Gasteiger partial charge in [0, 0.05) is 5.30 Å². The van der Waals surface area contributed by atoms with E-state index in [0.717, 1.165) is 0 Å². The first-order valence-corrected chi connectivity index (χ1v) is 8.35. The number of benzene rings is 1. The maximum absolute atomic E-state index is 13.2. The molecular weight excluding hydrogens is 279 g/mol. The van der Waals surface area contributed by atoms with Crippen LogP contribution in [0.5, 0.6) is 0 Å². The summed E-state index contributed by atoms with van der Waals surface area (Å²) < 4.78 is 28.8. The largest absolute Gasteiger partial charge is 0.465 e. The summed E-state index contributed by atoms with van der Waals surface area (Å²) in [5.74, 6) is -0.612. The standard InChI is InChI=1S/C14H17O5P/c1-3-17-13(15)12-14(18-4-2)19-10-20(12,16)11-8-6-5-7-9-11/h5-9H,3-4,10H2,1-2H3. The molecule has 1 unspecified atom stereocenters. The molecule has 0 saturated heterocycles. The summed E-state index contributed by atoms with van der Waals surface area (Å²) in [6, 6.07) is 8.81. The molecule has 0 spiro atoms. The molecule has 108 valence electrons. The first kappa shape index (κ1) is 14.7. The summed E-state index contributed by atoms with van der Waals surface area (Å²) in [7, 11) is -3.15. The zero-order chi connectivity index (χ0) is 14.6. The molecule has 0 radical (unpaired) electrons. The van der Waals surface area contributed by atoms with Crippen LogP contribution in [0.3, 0.4) is 0 Å². The van der Waals surface area contributed by atoms with Crippen LogP contribution in [0.4, 0.5) is 0 Å². The molecule has 0 amide bonds. The third-order valence-electron chi connectivity index (χ3n) is 2.85. The lowest BCUT2D eigenvalue weighted by atomic mass is 10.4. The molecule has 5 nitrogen and oxygen atoms in total. The molecule has 0 fully saturated rings. The van der Waals surface area contributed by atoms with Crippen LogP contribution in [0, 0.1) is 0 Å². The third-order valence-corrected chi connectivity index (χ3v) is 5.56. The Balaban J connectivity index is 2.48. The number of rotatable bonds is 5. The Bertz CT molecular complexity index is 564. The predicted octanol–water partition coefficient (Wildman–Crippen LogP) is 2.43. The van der Waals surface area contributed by atoms with Crippen LogP contribution >= 0.6 is 7.14 Å². The molecule has 1 aliphatic heterocycles. The van der Waals surface area contributed by atoms with Crippen LogP contribution in [0.25, 0.3) is 0 Å². The van der Waals surface area contributed by atoms with E-state index in [1.807, 2.05) is 6.07 Å². The molecule has 0 bridgehead atoms. The topological polar surface area (TPSA) is 61.8 Å². The minimum Gasteiger partial charge on any atom is -0.465 e. The van der Waals surface area contributed by atoms with Crippen molar-refractivity contribution in [3.8, 4) is 0 Å². The predicted molar refractivity (Wildman–Crippen MR) is 74.9 cm³/mol. The van der Waals surface area contributed by atoms with Gasteiger partial charge in [-0.1, -0.05) is 30.3 Å². The Hall–Kier alpha value is -1.74. The van der Waals surface area contributed by atoms with Gasteiger partial charge in [-0.15, -0.1) is 0 Å². The molecule has 0 aromatic heterocycles. The van der Waals surface area contributed by atoms with Crippen molar-refractivity contribution >= 4 is 18.4 Å². The average molecular weight is 296 g/mol. The van der Waals surface area contributed by atoms with Crippen molar-refractivity contribution in [3.05, 3.63) is 41.6 Å².